The van der Waals surface area contributed by atoms with Gasteiger partial charge in [-0.2, -0.15) is 0 Å². The number of benzene rings is 1. The lowest BCUT2D eigenvalue weighted by Crippen LogP contribution is -2.20. The summed E-state index contributed by atoms with van der Waals surface area (Å²) in [5.41, 5.74) is 2.56. The summed E-state index contributed by atoms with van der Waals surface area (Å²) in [7, 11) is 0. The van der Waals surface area contributed by atoms with Gasteiger partial charge in [-0.25, -0.2) is 0 Å². The average Bonchev–Trinajstić information content (AvgIpc) is 3.09. The molecule has 1 heterocycles. The van der Waals surface area contributed by atoms with Crippen LogP contribution in [0.2, 0.25) is 0 Å². The Labute approximate surface area is 122 Å². The van der Waals surface area contributed by atoms with Crippen molar-refractivity contribution in [3.05, 3.63) is 27.7 Å². The fourth-order valence-corrected chi connectivity index (χ4v) is 2.93. The predicted molar refractivity (Wildman–Crippen MR) is 78.6 cm³/mol. The first-order valence-electron chi connectivity index (χ1n) is 7.05. The van der Waals surface area contributed by atoms with E-state index in [1.54, 1.807) is 0 Å². The highest BCUT2D eigenvalue weighted by Gasteiger charge is 2.21. The highest BCUT2D eigenvalue weighted by atomic mass is 79.9. The zero-order chi connectivity index (χ0) is 13.1. The number of halogens is 1. The lowest BCUT2D eigenvalue weighted by molar-refractivity contribution is 0.126. The van der Waals surface area contributed by atoms with Crippen LogP contribution < -0.4 is 10.1 Å². The summed E-state index contributed by atoms with van der Waals surface area (Å²) in [5, 5.41) is 3.43. The second kappa shape index (κ2) is 6.25. The standard InChI is InChI=1S/C15H20BrNO2/c16-14-7-12-3-5-19-15(12)13(8-14)9-17-4-6-18-10-11-1-2-11/h7-8,11,17H,1-6,9-10H2. The van der Waals surface area contributed by atoms with Gasteiger partial charge in [0.2, 0.25) is 0 Å². The molecule has 1 N–H and O–H groups in total. The molecule has 0 amide bonds. The summed E-state index contributed by atoms with van der Waals surface area (Å²) < 4.78 is 12.5. The van der Waals surface area contributed by atoms with Gasteiger partial charge in [-0.1, -0.05) is 15.9 Å². The molecule has 0 unspecified atom stereocenters. The van der Waals surface area contributed by atoms with E-state index in [1.165, 1.54) is 24.0 Å². The van der Waals surface area contributed by atoms with E-state index in [0.717, 1.165) is 55.5 Å². The molecule has 1 aromatic rings. The van der Waals surface area contributed by atoms with Crippen LogP contribution in [-0.4, -0.2) is 26.4 Å². The van der Waals surface area contributed by atoms with Gasteiger partial charge >= 0.3 is 0 Å². The molecule has 2 aliphatic rings. The summed E-state index contributed by atoms with van der Waals surface area (Å²) in [6, 6.07) is 4.30. The van der Waals surface area contributed by atoms with Crippen molar-refractivity contribution in [3.63, 3.8) is 0 Å². The number of ether oxygens (including phenoxy) is 2. The first-order valence-corrected chi connectivity index (χ1v) is 7.85. The molecule has 1 fully saturated rings. The maximum atomic E-state index is 5.71. The Balaban J connectivity index is 1.44. The largest absolute Gasteiger partial charge is 0.493 e. The number of fused-ring (bicyclic) bond motifs is 1. The van der Waals surface area contributed by atoms with Crippen LogP contribution in [0.1, 0.15) is 24.0 Å². The summed E-state index contributed by atoms with van der Waals surface area (Å²) in [5.74, 6) is 1.93. The van der Waals surface area contributed by atoms with E-state index in [9.17, 15) is 0 Å². The Morgan fingerprint density at radius 1 is 1.37 bits per heavy atom. The van der Waals surface area contributed by atoms with Gasteiger partial charge in [-0.15, -0.1) is 0 Å². The van der Waals surface area contributed by atoms with Crippen LogP contribution in [0.15, 0.2) is 16.6 Å². The van der Waals surface area contributed by atoms with Gasteiger partial charge in [0.25, 0.3) is 0 Å². The molecule has 0 spiro atoms. The van der Waals surface area contributed by atoms with Gasteiger partial charge in [0, 0.05) is 36.2 Å². The lowest BCUT2D eigenvalue weighted by Gasteiger charge is -2.10. The van der Waals surface area contributed by atoms with E-state index >= 15 is 0 Å². The zero-order valence-corrected chi connectivity index (χ0v) is 12.7. The first-order chi connectivity index (χ1) is 9.33. The van der Waals surface area contributed by atoms with Crippen LogP contribution in [0.5, 0.6) is 5.75 Å². The summed E-state index contributed by atoms with van der Waals surface area (Å²) in [4.78, 5) is 0. The Morgan fingerprint density at radius 3 is 3.11 bits per heavy atom. The average molecular weight is 326 g/mol. The molecule has 1 aliphatic heterocycles. The monoisotopic (exact) mass is 325 g/mol. The molecule has 0 aromatic heterocycles. The first kappa shape index (κ1) is 13.4. The second-order valence-corrected chi connectivity index (χ2v) is 6.26. The minimum absolute atomic E-state index is 0.799. The van der Waals surface area contributed by atoms with Crippen LogP contribution in [0.4, 0.5) is 0 Å². The maximum absolute atomic E-state index is 5.71. The topological polar surface area (TPSA) is 30.5 Å². The Kier molecular flexibility index (Phi) is 4.41. The second-order valence-electron chi connectivity index (χ2n) is 5.35. The van der Waals surface area contributed by atoms with Crippen molar-refractivity contribution in [2.45, 2.75) is 25.8 Å². The Hall–Kier alpha value is -0.580. The van der Waals surface area contributed by atoms with Crippen molar-refractivity contribution in [1.82, 2.24) is 5.32 Å². The molecular weight excluding hydrogens is 306 g/mol. The number of hydrogen-bond donors (Lipinski definition) is 1. The van der Waals surface area contributed by atoms with Gasteiger partial charge in [-0.3, -0.25) is 0 Å². The molecule has 0 radical (unpaired) electrons. The smallest absolute Gasteiger partial charge is 0.127 e. The third-order valence-electron chi connectivity index (χ3n) is 3.61. The summed E-state index contributed by atoms with van der Waals surface area (Å²) >= 11 is 3.56. The van der Waals surface area contributed by atoms with Gasteiger partial charge in [0.15, 0.2) is 0 Å². The Bertz CT molecular complexity index is 446. The van der Waals surface area contributed by atoms with Crippen LogP contribution in [0.25, 0.3) is 0 Å². The maximum Gasteiger partial charge on any atom is 0.127 e. The molecule has 1 aromatic carbocycles. The van der Waals surface area contributed by atoms with E-state index in [1.807, 2.05) is 0 Å². The van der Waals surface area contributed by atoms with Crippen molar-refractivity contribution in [2.24, 2.45) is 5.92 Å². The van der Waals surface area contributed by atoms with Crippen molar-refractivity contribution in [1.29, 1.82) is 0 Å². The molecule has 0 bridgehead atoms. The van der Waals surface area contributed by atoms with Crippen molar-refractivity contribution < 1.29 is 9.47 Å². The molecule has 1 saturated carbocycles. The fourth-order valence-electron chi connectivity index (χ4n) is 2.38. The van der Waals surface area contributed by atoms with Crippen molar-refractivity contribution in [2.75, 3.05) is 26.4 Å². The number of rotatable bonds is 7. The molecule has 4 heteroatoms. The van der Waals surface area contributed by atoms with Gasteiger partial charge in [0.05, 0.1) is 13.2 Å². The van der Waals surface area contributed by atoms with Gasteiger partial charge in [-0.05, 0) is 36.5 Å². The molecule has 19 heavy (non-hydrogen) atoms. The zero-order valence-electron chi connectivity index (χ0n) is 11.1. The SMILES string of the molecule is Brc1cc2c(c(CNCCOCC3CC3)c1)OCC2. The van der Waals surface area contributed by atoms with E-state index in [0.29, 0.717) is 0 Å². The molecular formula is C15H20BrNO2. The molecule has 104 valence electrons. The highest BCUT2D eigenvalue weighted by Crippen LogP contribution is 2.32. The van der Waals surface area contributed by atoms with Crippen molar-refractivity contribution >= 4 is 15.9 Å². The van der Waals surface area contributed by atoms with Gasteiger partial charge < -0.3 is 14.8 Å². The molecule has 1 aliphatic carbocycles. The van der Waals surface area contributed by atoms with Crippen LogP contribution in [0.3, 0.4) is 0 Å². The summed E-state index contributed by atoms with van der Waals surface area (Å²) in [6.07, 6.45) is 3.73. The lowest BCUT2D eigenvalue weighted by atomic mass is 10.1. The summed E-state index contributed by atoms with van der Waals surface area (Å²) in [6.45, 7) is 4.29. The Morgan fingerprint density at radius 2 is 2.26 bits per heavy atom. The third kappa shape index (κ3) is 3.71. The van der Waals surface area contributed by atoms with E-state index < -0.39 is 0 Å². The molecule has 0 atom stereocenters. The van der Waals surface area contributed by atoms with Crippen LogP contribution in [0, 0.1) is 5.92 Å². The van der Waals surface area contributed by atoms with Gasteiger partial charge in [0.1, 0.15) is 5.75 Å². The quantitative estimate of drug-likeness (QED) is 0.782. The highest BCUT2D eigenvalue weighted by molar-refractivity contribution is 9.10. The van der Waals surface area contributed by atoms with E-state index in [4.69, 9.17) is 9.47 Å². The van der Waals surface area contributed by atoms with Crippen LogP contribution in [-0.2, 0) is 17.7 Å². The number of hydrogen-bond acceptors (Lipinski definition) is 3. The third-order valence-corrected chi connectivity index (χ3v) is 4.07. The van der Waals surface area contributed by atoms with Crippen LogP contribution >= 0.6 is 15.9 Å². The normalized spacial score (nSPS) is 17.3. The molecule has 0 saturated heterocycles. The minimum Gasteiger partial charge on any atom is -0.493 e. The minimum atomic E-state index is 0.799. The van der Waals surface area contributed by atoms with E-state index in [-0.39, 0.29) is 0 Å². The molecule has 3 rings (SSSR count). The van der Waals surface area contributed by atoms with Crippen molar-refractivity contribution in [3.8, 4) is 5.75 Å². The predicted octanol–water partition coefficient (Wildman–Crippen LogP) is 2.90. The van der Waals surface area contributed by atoms with E-state index in [2.05, 4.69) is 33.4 Å². The fraction of sp³-hybridized carbons (Fsp3) is 0.600. The number of nitrogens with one attached hydrogen (secondary N) is 1. The molecule has 3 nitrogen and oxygen atoms in total.